The van der Waals surface area contributed by atoms with Crippen LogP contribution in [0.1, 0.15) is 29.2 Å². The number of fused-ring (bicyclic) bond motifs is 1. The zero-order chi connectivity index (χ0) is 13.3. The molecule has 19 heavy (non-hydrogen) atoms. The second kappa shape index (κ2) is 4.76. The lowest BCUT2D eigenvalue weighted by Crippen LogP contribution is -2.39. The van der Waals surface area contributed by atoms with Gasteiger partial charge >= 0.3 is 0 Å². The van der Waals surface area contributed by atoms with Crippen LogP contribution in [-0.4, -0.2) is 16.6 Å². The van der Waals surface area contributed by atoms with Crippen molar-refractivity contribution >= 4 is 0 Å². The molecule has 3 rings (SSSR count). The molecule has 3 nitrogen and oxygen atoms in total. The Balaban J connectivity index is 2.06. The van der Waals surface area contributed by atoms with Gasteiger partial charge in [0.2, 0.25) is 0 Å². The van der Waals surface area contributed by atoms with Gasteiger partial charge < -0.3 is 10.8 Å². The molecule has 1 heterocycles. The smallest absolute Gasteiger partial charge is 0.0913 e. The van der Waals surface area contributed by atoms with Crippen LogP contribution in [0, 0.1) is 0 Å². The van der Waals surface area contributed by atoms with Crippen molar-refractivity contribution in [3.8, 4) is 0 Å². The molecule has 1 aliphatic rings. The molecule has 0 saturated carbocycles. The SMILES string of the molecule is NCC1(C(O)c2cccnc2)CCc2ccccc21. The van der Waals surface area contributed by atoms with E-state index in [1.54, 1.807) is 12.4 Å². The fourth-order valence-corrected chi connectivity index (χ4v) is 3.18. The van der Waals surface area contributed by atoms with E-state index in [2.05, 4.69) is 17.1 Å². The molecule has 0 amide bonds. The first-order chi connectivity index (χ1) is 9.28. The Kier molecular flexibility index (Phi) is 3.09. The number of hydrogen-bond acceptors (Lipinski definition) is 3. The van der Waals surface area contributed by atoms with Gasteiger partial charge in [-0.1, -0.05) is 30.3 Å². The number of aliphatic hydroxyl groups excluding tert-OH is 1. The summed E-state index contributed by atoms with van der Waals surface area (Å²) < 4.78 is 0. The highest BCUT2D eigenvalue weighted by Crippen LogP contribution is 2.46. The highest BCUT2D eigenvalue weighted by atomic mass is 16.3. The molecule has 2 atom stereocenters. The molecule has 2 aromatic rings. The monoisotopic (exact) mass is 254 g/mol. The number of nitrogens with zero attached hydrogens (tertiary/aromatic N) is 1. The summed E-state index contributed by atoms with van der Waals surface area (Å²) in [5.74, 6) is 0. The molecule has 0 spiro atoms. The van der Waals surface area contributed by atoms with E-state index in [0.29, 0.717) is 6.54 Å². The van der Waals surface area contributed by atoms with Gasteiger partial charge in [0.25, 0.3) is 0 Å². The second-order valence-corrected chi connectivity index (χ2v) is 5.21. The number of aryl methyl sites for hydroxylation is 1. The molecule has 0 bridgehead atoms. The number of aliphatic hydroxyl groups is 1. The Hall–Kier alpha value is -1.71. The zero-order valence-corrected chi connectivity index (χ0v) is 10.8. The Labute approximate surface area is 113 Å². The molecule has 98 valence electrons. The number of hydrogen-bond donors (Lipinski definition) is 2. The first kappa shape index (κ1) is 12.3. The Bertz CT molecular complexity index is 570. The summed E-state index contributed by atoms with van der Waals surface area (Å²) >= 11 is 0. The highest BCUT2D eigenvalue weighted by molar-refractivity contribution is 5.42. The van der Waals surface area contributed by atoms with Crippen molar-refractivity contribution in [2.24, 2.45) is 5.73 Å². The molecule has 3 N–H and O–H groups in total. The van der Waals surface area contributed by atoms with Crippen LogP contribution < -0.4 is 5.73 Å². The van der Waals surface area contributed by atoms with Crippen LogP contribution in [-0.2, 0) is 11.8 Å². The first-order valence-corrected chi connectivity index (χ1v) is 6.64. The standard InChI is InChI=1S/C16H18N2O/c17-11-16(15(19)13-5-3-9-18-10-13)8-7-12-4-1-2-6-14(12)16/h1-6,9-10,15,19H,7-8,11,17H2. The van der Waals surface area contributed by atoms with E-state index in [0.717, 1.165) is 18.4 Å². The number of rotatable bonds is 3. The van der Waals surface area contributed by atoms with E-state index >= 15 is 0 Å². The summed E-state index contributed by atoms with van der Waals surface area (Å²) in [6, 6.07) is 12.0. The first-order valence-electron chi connectivity index (χ1n) is 6.64. The van der Waals surface area contributed by atoms with Gasteiger partial charge in [0, 0.05) is 24.4 Å². The molecule has 1 aromatic carbocycles. The van der Waals surface area contributed by atoms with Gasteiger partial charge in [-0.05, 0) is 35.6 Å². The molecule has 0 radical (unpaired) electrons. The van der Waals surface area contributed by atoms with Gasteiger partial charge in [-0.2, -0.15) is 0 Å². The summed E-state index contributed by atoms with van der Waals surface area (Å²) in [6.45, 7) is 0.445. The minimum atomic E-state index is -0.602. The third kappa shape index (κ3) is 1.86. The van der Waals surface area contributed by atoms with Crippen LogP contribution >= 0.6 is 0 Å². The highest BCUT2D eigenvalue weighted by Gasteiger charge is 2.44. The zero-order valence-electron chi connectivity index (χ0n) is 10.8. The molecule has 0 aliphatic heterocycles. The fourth-order valence-electron chi connectivity index (χ4n) is 3.18. The van der Waals surface area contributed by atoms with Crippen molar-refractivity contribution in [1.29, 1.82) is 0 Å². The quantitative estimate of drug-likeness (QED) is 0.880. The predicted molar refractivity (Wildman–Crippen MR) is 74.7 cm³/mol. The lowest BCUT2D eigenvalue weighted by atomic mass is 9.74. The van der Waals surface area contributed by atoms with Gasteiger partial charge in [-0.3, -0.25) is 4.98 Å². The van der Waals surface area contributed by atoms with E-state index in [-0.39, 0.29) is 5.41 Å². The average Bonchev–Trinajstić information content (AvgIpc) is 2.87. The minimum absolute atomic E-state index is 0.375. The summed E-state index contributed by atoms with van der Waals surface area (Å²) in [7, 11) is 0. The number of benzene rings is 1. The van der Waals surface area contributed by atoms with Gasteiger partial charge in [0.05, 0.1) is 6.10 Å². The largest absolute Gasteiger partial charge is 0.387 e. The van der Waals surface area contributed by atoms with E-state index in [9.17, 15) is 5.11 Å². The van der Waals surface area contributed by atoms with Crippen molar-refractivity contribution in [1.82, 2.24) is 4.98 Å². The fraction of sp³-hybridized carbons (Fsp3) is 0.312. The lowest BCUT2D eigenvalue weighted by Gasteiger charge is -2.34. The molecule has 0 fully saturated rings. The predicted octanol–water partition coefficient (Wildman–Crippen LogP) is 1.96. The molecule has 0 saturated heterocycles. The number of nitrogens with two attached hydrogens (primary N) is 1. The Morgan fingerprint density at radius 1 is 1.26 bits per heavy atom. The van der Waals surface area contributed by atoms with Crippen molar-refractivity contribution in [3.63, 3.8) is 0 Å². The van der Waals surface area contributed by atoms with Crippen molar-refractivity contribution in [3.05, 3.63) is 65.5 Å². The van der Waals surface area contributed by atoms with Crippen LogP contribution in [0.5, 0.6) is 0 Å². The third-order valence-corrected chi connectivity index (χ3v) is 4.28. The molecular weight excluding hydrogens is 236 g/mol. The van der Waals surface area contributed by atoms with Crippen molar-refractivity contribution < 1.29 is 5.11 Å². The van der Waals surface area contributed by atoms with E-state index < -0.39 is 6.10 Å². The van der Waals surface area contributed by atoms with E-state index in [1.165, 1.54) is 11.1 Å². The molecule has 2 unspecified atom stereocenters. The second-order valence-electron chi connectivity index (χ2n) is 5.21. The van der Waals surface area contributed by atoms with Gasteiger partial charge in [0.15, 0.2) is 0 Å². The van der Waals surface area contributed by atoms with Gasteiger partial charge in [0.1, 0.15) is 0 Å². The lowest BCUT2D eigenvalue weighted by molar-refractivity contribution is 0.0837. The molecule has 1 aromatic heterocycles. The number of aromatic nitrogens is 1. The third-order valence-electron chi connectivity index (χ3n) is 4.28. The van der Waals surface area contributed by atoms with Gasteiger partial charge in [-0.25, -0.2) is 0 Å². The summed E-state index contributed by atoms with van der Waals surface area (Å²) in [5.41, 5.74) is 8.99. The summed E-state index contributed by atoms with van der Waals surface area (Å²) in [6.07, 6.45) is 4.70. The van der Waals surface area contributed by atoms with Crippen LogP contribution in [0.15, 0.2) is 48.8 Å². The maximum absolute atomic E-state index is 10.8. The molecule has 3 heteroatoms. The van der Waals surface area contributed by atoms with Crippen LogP contribution in [0.3, 0.4) is 0 Å². The van der Waals surface area contributed by atoms with Crippen LogP contribution in [0.25, 0.3) is 0 Å². The van der Waals surface area contributed by atoms with Gasteiger partial charge in [-0.15, -0.1) is 0 Å². The maximum Gasteiger partial charge on any atom is 0.0913 e. The Morgan fingerprint density at radius 2 is 2.11 bits per heavy atom. The van der Waals surface area contributed by atoms with Crippen molar-refractivity contribution in [2.45, 2.75) is 24.4 Å². The van der Waals surface area contributed by atoms with E-state index in [4.69, 9.17) is 5.73 Å². The van der Waals surface area contributed by atoms with Crippen LogP contribution in [0.2, 0.25) is 0 Å². The normalized spacial score (nSPS) is 23.1. The topological polar surface area (TPSA) is 59.1 Å². The summed E-state index contributed by atoms with van der Waals surface area (Å²) in [5, 5.41) is 10.8. The summed E-state index contributed by atoms with van der Waals surface area (Å²) in [4.78, 5) is 4.10. The van der Waals surface area contributed by atoms with Crippen molar-refractivity contribution in [2.75, 3.05) is 6.54 Å². The number of pyridine rings is 1. The Morgan fingerprint density at radius 3 is 2.84 bits per heavy atom. The minimum Gasteiger partial charge on any atom is -0.387 e. The molecular formula is C16H18N2O. The van der Waals surface area contributed by atoms with E-state index in [1.807, 2.05) is 24.3 Å². The molecule has 1 aliphatic carbocycles. The maximum atomic E-state index is 10.8. The average molecular weight is 254 g/mol. The van der Waals surface area contributed by atoms with Crippen LogP contribution in [0.4, 0.5) is 0 Å².